The van der Waals surface area contributed by atoms with E-state index in [2.05, 4.69) is 10.3 Å². The van der Waals surface area contributed by atoms with Gasteiger partial charge in [-0.05, 0) is 48.6 Å². The molecule has 1 fully saturated rings. The number of nitrogens with one attached hydrogen (secondary N) is 1. The summed E-state index contributed by atoms with van der Waals surface area (Å²) in [5.41, 5.74) is 0.743. The number of amides is 1. The van der Waals surface area contributed by atoms with E-state index in [1.165, 1.54) is 7.11 Å². The average Bonchev–Trinajstić information content (AvgIpc) is 2.60. The van der Waals surface area contributed by atoms with Gasteiger partial charge in [-0.2, -0.15) is 0 Å². The van der Waals surface area contributed by atoms with Gasteiger partial charge in [0.2, 0.25) is 5.91 Å². The van der Waals surface area contributed by atoms with Gasteiger partial charge in [0.15, 0.2) is 0 Å². The summed E-state index contributed by atoms with van der Waals surface area (Å²) in [5, 5.41) is 12.5. The summed E-state index contributed by atoms with van der Waals surface area (Å²) >= 11 is 0. The lowest BCUT2D eigenvalue weighted by atomic mass is 9.75. The van der Waals surface area contributed by atoms with Crippen molar-refractivity contribution in [3.63, 3.8) is 0 Å². The highest BCUT2D eigenvalue weighted by molar-refractivity contribution is 5.79. The molecule has 0 saturated heterocycles. The quantitative estimate of drug-likeness (QED) is 0.828. The lowest BCUT2D eigenvalue weighted by Crippen LogP contribution is -2.42. The first-order valence-corrected chi connectivity index (χ1v) is 8.36. The predicted octanol–water partition coefficient (Wildman–Crippen LogP) is 2.54. The fourth-order valence-electron chi connectivity index (χ4n) is 3.17. The molecule has 2 N–H and O–H groups in total. The number of ether oxygens (including phenoxy) is 1. The summed E-state index contributed by atoms with van der Waals surface area (Å²) in [6.45, 7) is 0. The van der Waals surface area contributed by atoms with Crippen molar-refractivity contribution >= 4 is 5.91 Å². The van der Waals surface area contributed by atoms with Crippen molar-refractivity contribution in [2.45, 2.75) is 31.4 Å². The Labute approximate surface area is 150 Å². The maximum Gasteiger partial charge on any atom is 0.225 e. The minimum absolute atomic E-state index is 0.00124. The minimum atomic E-state index is -0.625. The largest absolute Gasteiger partial charge is 0.495 e. The number of hydrogen-bond acceptors (Lipinski definition) is 4. The predicted molar refractivity (Wildman–Crippen MR) is 90.5 cm³/mol. The van der Waals surface area contributed by atoms with Gasteiger partial charge in [0.05, 0.1) is 31.9 Å². The molecule has 0 spiro atoms. The molecule has 1 aliphatic rings. The molecule has 0 bridgehead atoms. The van der Waals surface area contributed by atoms with E-state index in [0.29, 0.717) is 18.6 Å². The van der Waals surface area contributed by atoms with E-state index in [9.17, 15) is 18.7 Å². The van der Waals surface area contributed by atoms with Gasteiger partial charge in [-0.25, -0.2) is 8.78 Å². The van der Waals surface area contributed by atoms with Crippen LogP contribution in [0.2, 0.25) is 0 Å². The van der Waals surface area contributed by atoms with Crippen molar-refractivity contribution in [3.05, 3.63) is 59.4 Å². The number of carbonyl (C=O) groups is 1. The van der Waals surface area contributed by atoms with E-state index in [-0.39, 0.29) is 23.9 Å². The molecule has 1 saturated carbocycles. The van der Waals surface area contributed by atoms with Crippen molar-refractivity contribution in [3.8, 4) is 5.75 Å². The van der Waals surface area contributed by atoms with Gasteiger partial charge < -0.3 is 15.2 Å². The summed E-state index contributed by atoms with van der Waals surface area (Å²) in [6, 6.07) is 4.42. The molecule has 1 atom stereocenters. The van der Waals surface area contributed by atoms with Crippen LogP contribution in [0.3, 0.4) is 0 Å². The SMILES string of the molecule is COc1cncc([C@@H](NC(=O)Cc2cc(F)ccc2F)C2CC(O)C2)c1. The van der Waals surface area contributed by atoms with Gasteiger partial charge in [0, 0.05) is 11.8 Å². The van der Waals surface area contributed by atoms with Crippen LogP contribution < -0.4 is 10.1 Å². The van der Waals surface area contributed by atoms with Crippen LogP contribution >= 0.6 is 0 Å². The zero-order valence-corrected chi connectivity index (χ0v) is 14.3. The second-order valence-corrected chi connectivity index (χ2v) is 6.50. The van der Waals surface area contributed by atoms with E-state index in [4.69, 9.17) is 4.74 Å². The van der Waals surface area contributed by atoms with E-state index in [1.54, 1.807) is 18.5 Å². The van der Waals surface area contributed by atoms with Crippen LogP contribution in [-0.2, 0) is 11.2 Å². The second kappa shape index (κ2) is 7.78. The van der Waals surface area contributed by atoms with Crippen LogP contribution in [0.4, 0.5) is 8.78 Å². The van der Waals surface area contributed by atoms with E-state index in [1.807, 2.05) is 0 Å². The van der Waals surface area contributed by atoms with Crippen LogP contribution in [0.15, 0.2) is 36.7 Å². The molecule has 1 aliphatic carbocycles. The van der Waals surface area contributed by atoms with Gasteiger partial charge in [0.25, 0.3) is 0 Å². The van der Waals surface area contributed by atoms with Crippen LogP contribution in [-0.4, -0.2) is 29.2 Å². The summed E-state index contributed by atoms with van der Waals surface area (Å²) < 4.78 is 32.2. The van der Waals surface area contributed by atoms with Crippen LogP contribution in [0, 0.1) is 17.6 Å². The Morgan fingerprint density at radius 2 is 2.12 bits per heavy atom. The lowest BCUT2D eigenvalue weighted by molar-refractivity contribution is -0.122. The maximum atomic E-state index is 13.8. The molecule has 1 heterocycles. The van der Waals surface area contributed by atoms with Gasteiger partial charge in [0.1, 0.15) is 17.4 Å². The van der Waals surface area contributed by atoms with Crippen molar-refractivity contribution in [2.75, 3.05) is 7.11 Å². The highest BCUT2D eigenvalue weighted by Crippen LogP contribution is 2.38. The number of rotatable bonds is 6. The normalized spacial score (nSPS) is 20.2. The molecule has 7 heteroatoms. The molecule has 1 amide bonds. The minimum Gasteiger partial charge on any atom is -0.495 e. The topological polar surface area (TPSA) is 71.5 Å². The standard InChI is InChI=1S/C19H20F2N2O3/c1-26-16-7-13(9-22-10-16)19(12-5-15(24)6-12)23-18(25)8-11-4-14(20)2-3-17(11)21/h2-4,7,9-10,12,15,19,24H,5-6,8H2,1H3,(H,23,25)/t12?,15?,19-/m0/s1. The highest BCUT2D eigenvalue weighted by Gasteiger charge is 2.36. The molecule has 1 aromatic carbocycles. The fraction of sp³-hybridized carbons (Fsp3) is 0.368. The number of aromatic nitrogens is 1. The van der Waals surface area contributed by atoms with E-state index < -0.39 is 23.6 Å². The molecule has 2 aromatic rings. The van der Waals surface area contributed by atoms with Gasteiger partial charge in [-0.1, -0.05) is 0 Å². The van der Waals surface area contributed by atoms with Crippen molar-refractivity contribution in [2.24, 2.45) is 5.92 Å². The monoisotopic (exact) mass is 362 g/mol. The van der Waals surface area contributed by atoms with Crippen LogP contribution in [0.25, 0.3) is 0 Å². The lowest BCUT2D eigenvalue weighted by Gasteiger charge is -2.38. The molecule has 0 unspecified atom stereocenters. The Kier molecular flexibility index (Phi) is 5.46. The fourth-order valence-corrected chi connectivity index (χ4v) is 3.17. The summed E-state index contributed by atoms with van der Waals surface area (Å²) in [5.74, 6) is -1.05. The first-order valence-electron chi connectivity index (χ1n) is 8.36. The summed E-state index contributed by atoms with van der Waals surface area (Å²) in [4.78, 5) is 16.5. The number of carbonyl (C=O) groups excluding carboxylic acids is 1. The number of nitrogens with zero attached hydrogens (tertiary/aromatic N) is 1. The van der Waals surface area contributed by atoms with Gasteiger partial charge in [-0.3, -0.25) is 9.78 Å². The average molecular weight is 362 g/mol. The van der Waals surface area contributed by atoms with E-state index >= 15 is 0 Å². The first kappa shape index (κ1) is 18.3. The third-order valence-electron chi connectivity index (χ3n) is 4.63. The Bertz CT molecular complexity index is 794. The molecule has 138 valence electrons. The van der Waals surface area contributed by atoms with Crippen LogP contribution in [0.5, 0.6) is 5.75 Å². The van der Waals surface area contributed by atoms with Crippen LogP contribution in [0.1, 0.15) is 30.0 Å². The summed E-state index contributed by atoms with van der Waals surface area (Å²) in [6.07, 6.45) is 3.62. The Morgan fingerprint density at radius 3 is 2.81 bits per heavy atom. The molecule has 26 heavy (non-hydrogen) atoms. The molecule has 3 rings (SSSR count). The molecule has 1 aromatic heterocycles. The molecule has 5 nitrogen and oxygen atoms in total. The highest BCUT2D eigenvalue weighted by atomic mass is 19.1. The molecular weight excluding hydrogens is 342 g/mol. The number of halogens is 2. The number of aliphatic hydroxyl groups excluding tert-OH is 1. The second-order valence-electron chi connectivity index (χ2n) is 6.50. The maximum absolute atomic E-state index is 13.8. The third-order valence-corrected chi connectivity index (χ3v) is 4.63. The molecule has 0 radical (unpaired) electrons. The first-order chi connectivity index (χ1) is 12.5. The zero-order valence-electron chi connectivity index (χ0n) is 14.3. The Hall–Kier alpha value is -2.54. The summed E-state index contributed by atoms with van der Waals surface area (Å²) in [7, 11) is 1.52. The number of methoxy groups -OCH3 is 1. The number of aliphatic hydroxyl groups is 1. The van der Waals surface area contributed by atoms with Crippen molar-refractivity contribution in [1.82, 2.24) is 10.3 Å². The number of benzene rings is 1. The van der Waals surface area contributed by atoms with E-state index in [0.717, 1.165) is 23.8 Å². The Balaban J connectivity index is 1.77. The third kappa shape index (κ3) is 4.16. The Morgan fingerprint density at radius 1 is 1.35 bits per heavy atom. The smallest absolute Gasteiger partial charge is 0.225 e. The van der Waals surface area contributed by atoms with Gasteiger partial charge >= 0.3 is 0 Å². The number of hydrogen-bond donors (Lipinski definition) is 2. The number of pyridine rings is 1. The zero-order chi connectivity index (χ0) is 18.7. The van der Waals surface area contributed by atoms with Gasteiger partial charge in [-0.15, -0.1) is 0 Å². The molecular formula is C19H20F2N2O3. The van der Waals surface area contributed by atoms with Crippen molar-refractivity contribution < 1.29 is 23.4 Å². The molecule has 0 aliphatic heterocycles. The van der Waals surface area contributed by atoms with Crippen molar-refractivity contribution in [1.29, 1.82) is 0 Å².